The van der Waals surface area contributed by atoms with Gasteiger partial charge < -0.3 is 18.6 Å². The standard InChI is InChI=1S/C31H36N2O4S2Si/c1-30(2,3)40(20-13-9-7-10-14-20,21-15-11-8-12-16-21)34-17-23-25-26(37-31(4,5)36-25)27(35-23)28-24-22(18-39-28)29(38-6)33-19-32-24/h7-16,18-19,23,25-27H,17H2,1-6H3/t23-,25-,26-,27-/m1/s1. The van der Waals surface area contributed by atoms with E-state index < -0.39 is 14.1 Å². The fourth-order valence-corrected chi connectivity index (χ4v) is 12.5. The van der Waals surface area contributed by atoms with E-state index in [0.717, 1.165) is 20.8 Å². The Kier molecular flexibility index (Phi) is 7.44. The monoisotopic (exact) mass is 592 g/mol. The molecule has 40 heavy (non-hydrogen) atoms. The first-order valence-corrected chi connectivity index (χ1v) is 17.7. The van der Waals surface area contributed by atoms with Gasteiger partial charge in [0, 0.05) is 10.8 Å². The fourth-order valence-electron chi connectivity index (χ4n) is 6.22. The Labute approximate surface area is 245 Å². The van der Waals surface area contributed by atoms with E-state index in [-0.39, 0.29) is 29.5 Å². The minimum absolute atomic E-state index is 0.130. The van der Waals surface area contributed by atoms with Crippen molar-refractivity contribution in [2.24, 2.45) is 0 Å². The minimum Gasteiger partial charge on any atom is -0.405 e. The summed E-state index contributed by atoms with van der Waals surface area (Å²) < 4.78 is 27.1. The number of thiophene rings is 1. The summed E-state index contributed by atoms with van der Waals surface area (Å²) in [5, 5.41) is 6.51. The highest BCUT2D eigenvalue weighted by Gasteiger charge is 2.58. The molecule has 4 aromatic rings. The first-order valence-electron chi connectivity index (χ1n) is 13.7. The van der Waals surface area contributed by atoms with E-state index in [2.05, 4.69) is 96.8 Å². The second-order valence-electron chi connectivity index (χ2n) is 11.9. The van der Waals surface area contributed by atoms with Crippen LogP contribution in [-0.2, 0) is 18.6 Å². The van der Waals surface area contributed by atoms with Gasteiger partial charge in [0.1, 0.15) is 35.8 Å². The Morgan fingerprint density at radius 3 is 2.17 bits per heavy atom. The van der Waals surface area contributed by atoms with Gasteiger partial charge in [0.25, 0.3) is 8.32 Å². The van der Waals surface area contributed by atoms with E-state index in [0.29, 0.717) is 6.61 Å². The molecule has 0 N–H and O–H groups in total. The topological polar surface area (TPSA) is 62.7 Å². The van der Waals surface area contributed by atoms with Gasteiger partial charge in [-0.1, -0.05) is 81.4 Å². The quantitative estimate of drug-likeness (QED) is 0.149. The number of fused-ring (bicyclic) bond motifs is 2. The van der Waals surface area contributed by atoms with Crippen molar-refractivity contribution in [1.29, 1.82) is 0 Å². The van der Waals surface area contributed by atoms with Crippen LogP contribution in [0, 0.1) is 0 Å². The molecule has 210 valence electrons. The highest BCUT2D eigenvalue weighted by atomic mass is 32.2. The largest absolute Gasteiger partial charge is 0.405 e. The molecule has 6 rings (SSSR count). The SMILES string of the molecule is CSc1ncnc2c([C@@H]3O[C@H](CO[Si](c4ccccc4)(c4ccccc4)C(C)(C)C)[C@H]4OC(C)(C)O[C@H]43)scc12. The van der Waals surface area contributed by atoms with Crippen LogP contribution in [0.5, 0.6) is 0 Å². The maximum atomic E-state index is 7.27. The summed E-state index contributed by atoms with van der Waals surface area (Å²) in [5.41, 5.74) is 0.926. The Morgan fingerprint density at radius 2 is 1.57 bits per heavy atom. The van der Waals surface area contributed by atoms with Gasteiger partial charge in [-0.25, -0.2) is 9.97 Å². The lowest BCUT2D eigenvalue weighted by Gasteiger charge is -2.43. The number of rotatable bonds is 7. The number of hydrogen-bond donors (Lipinski definition) is 0. The second kappa shape index (κ2) is 10.6. The lowest BCUT2D eigenvalue weighted by atomic mass is 10.1. The molecule has 2 aliphatic heterocycles. The fraction of sp³-hybridized carbons (Fsp3) is 0.419. The third kappa shape index (κ3) is 4.75. The van der Waals surface area contributed by atoms with Gasteiger partial charge in [-0.3, -0.25) is 0 Å². The molecule has 0 aliphatic carbocycles. The summed E-state index contributed by atoms with van der Waals surface area (Å²) >= 11 is 3.28. The normalized spacial score (nSPS) is 24.4. The third-order valence-electron chi connectivity index (χ3n) is 7.87. The zero-order valence-electron chi connectivity index (χ0n) is 23.8. The molecule has 2 aliphatic rings. The average molecular weight is 593 g/mol. The van der Waals surface area contributed by atoms with Gasteiger partial charge >= 0.3 is 0 Å². The summed E-state index contributed by atoms with van der Waals surface area (Å²) in [6.07, 6.45) is 2.57. The average Bonchev–Trinajstić information content (AvgIpc) is 3.60. The van der Waals surface area contributed by atoms with E-state index in [1.54, 1.807) is 29.4 Å². The maximum Gasteiger partial charge on any atom is 0.261 e. The molecule has 4 atom stereocenters. The molecule has 6 nitrogen and oxygen atoms in total. The van der Waals surface area contributed by atoms with E-state index in [1.165, 1.54) is 10.4 Å². The van der Waals surface area contributed by atoms with Crippen LogP contribution >= 0.6 is 23.1 Å². The van der Waals surface area contributed by atoms with Crippen molar-refractivity contribution in [2.75, 3.05) is 12.9 Å². The Hall–Kier alpha value is -2.11. The Bertz CT molecular complexity index is 1440. The molecular weight excluding hydrogens is 557 g/mol. The highest BCUT2D eigenvalue weighted by Crippen LogP contribution is 2.49. The van der Waals surface area contributed by atoms with Crippen molar-refractivity contribution in [3.63, 3.8) is 0 Å². The molecule has 0 spiro atoms. The van der Waals surface area contributed by atoms with E-state index in [1.807, 2.05) is 20.1 Å². The first-order chi connectivity index (χ1) is 19.1. The predicted molar refractivity (Wildman–Crippen MR) is 164 cm³/mol. The molecular formula is C31H36N2O4S2Si. The number of benzene rings is 2. The van der Waals surface area contributed by atoms with Crippen LogP contribution in [0.2, 0.25) is 5.04 Å². The lowest BCUT2D eigenvalue weighted by molar-refractivity contribution is -0.190. The van der Waals surface area contributed by atoms with Crippen LogP contribution in [0.4, 0.5) is 0 Å². The van der Waals surface area contributed by atoms with Gasteiger partial charge in [0.15, 0.2) is 5.79 Å². The second-order valence-corrected chi connectivity index (χ2v) is 17.9. The van der Waals surface area contributed by atoms with Crippen LogP contribution in [-0.4, -0.2) is 55.2 Å². The zero-order chi connectivity index (χ0) is 28.1. The molecule has 0 unspecified atom stereocenters. The smallest absolute Gasteiger partial charge is 0.261 e. The van der Waals surface area contributed by atoms with Crippen molar-refractivity contribution < 1.29 is 18.6 Å². The predicted octanol–water partition coefficient (Wildman–Crippen LogP) is 5.95. The molecule has 2 saturated heterocycles. The van der Waals surface area contributed by atoms with Gasteiger partial charge in [-0.2, -0.15) is 0 Å². The zero-order valence-corrected chi connectivity index (χ0v) is 26.4. The number of hydrogen-bond acceptors (Lipinski definition) is 8. The third-order valence-corrected chi connectivity index (χ3v) is 14.6. The van der Waals surface area contributed by atoms with Gasteiger partial charge in [-0.05, 0) is 35.5 Å². The molecule has 0 amide bonds. The molecule has 0 bridgehead atoms. The van der Waals surface area contributed by atoms with Gasteiger partial charge in [0.05, 0.1) is 17.0 Å². The van der Waals surface area contributed by atoms with Crippen molar-refractivity contribution in [3.05, 3.63) is 77.2 Å². The van der Waals surface area contributed by atoms with Crippen LogP contribution in [0.3, 0.4) is 0 Å². The minimum atomic E-state index is -2.74. The number of thioether (sulfide) groups is 1. The highest BCUT2D eigenvalue weighted by molar-refractivity contribution is 7.98. The lowest BCUT2D eigenvalue weighted by Crippen LogP contribution is -2.67. The van der Waals surface area contributed by atoms with Crippen LogP contribution in [0.1, 0.15) is 45.6 Å². The summed E-state index contributed by atoms with van der Waals surface area (Å²) in [5.74, 6) is -0.709. The Morgan fingerprint density at radius 1 is 0.950 bits per heavy atom. The maximum absolute atomic E-state index is 7.27. The van der Waals surface area contributed by atoms with Crippen molar-refractivity contribution in [1.82, 2.24) is 9.97 Å². The molecule has 0 radical (unpaired) electrons. The van der Waals surface area contributed by atoms with Crippen molar-refractivity contribution >= 4 is 52.7 Å². The van der Waals surface area contributed by atoms with E-state index in [9.17, 15) is 0 Å². The number of ether oxygens (including phenoxy) is 3. The molecule has 2 aromatic heterocycles. The van der Waals surface area contributed by atoms with Crippen LogP contribution in [0.25, 0.3) is 10.9 Å². The first kappa shape index (κ1) is 28.0. The number of aromatic nitrogens is 2. The summed E-state index contributed by atoms with van der Waals surface area (Å²) in [4.78, 5) is 10.2. The van der Waals surface area contributed by atoms with Crippen LogP contribution < -0.4 is 10.4 Å². The van der Waals surface area contributed by atoms with Gasteiger partial charge in [0.2, 0.25) is 0 Å². The van der Waals surface area contributed by atoms with E-state index in [4.69, 9.17) is 18.6 Å². The molecule has 2 fully saturated rings. The van der Waals surface area contributed by atoms with Crippen LogP contribution in [0.15, 0.2) is 77.4 Å². The van der Waals surface area contributed by atoms with Gasteiger partial charge in [-0.15, -0.1) is 23.1 Å². The summed E-state index contributed by atoms with van der Waals surface area (Å²) in [7, 11) is -2.74. The number of nitrogens with zero attached hydrogens (tertiary/aromatic N) is 2. The summed E-state index contributed by atoms with van der Waals surface area (Å²) in [6.45, 7) is 11.2. The summed E-state index contributed by atoms with van der Waals surface area (Å²) in [6, 6.07) is 21.4. The van der Waals surface area contributed by atoms with Crippen molar-refractivity contribution in [2.45, 2.75) is 74.9 Å². The van der Waals surface area contributed by atoms with Crippen molar-refractivity contribution in [3.8, 4) is 0 Å². The molecule has 4 heterocycles. The van der Waals surface area contributed by atoms with E-state index >= 15 is 0 Å². The molecule has 0 saturated carbocycles. The molecule has 2 aromatic carbocycles. The Balaban J connectivity index is 1.37. The molecule has 9 heteroatoms.